The van der Waals surface area contributed by atoms with Gasteiger partial charge in [-0.05, 0) is 24.6 Å². The molecule has 0 spiro atoms. The molecule has 0 unspecified atom stereocenters. The van der Waals surface area contributed by atoms with Crippen LogP contribution in [0.5, 0.6) is 0 Å². The number of esters is 1. The minimum Gasteiger partial charge on any atom is -0.454 e. The van der Waals surface area contributed by atoms with Gasteiger partial charge in [0.1, 0.15) is 6.54 Å². The molecule has 3 rings (SSSR count). The topological polar surface area (TPSA) is 92.8 Å². The van der Waals surface area contributed by atoms with E-state index in [4.69, 9.17) is 62.7 Å². The van der Waals surface area contributed by atoms with E-state index in [1.165, 1.54) is 0 Å². The van der Waals surface area contributed by atoms with Gasteiger partial charge >= 0.3 is 5.97 Å². The molecule has 0 aliphatic carbocycles. The summed E-state index contributed by atoms with van der Waals surface area (Å²) in [6.07, 6.45) is 0. The van der Waals surface area contributed by atoms with Gasteiger partial charge in [0.2, 0.25) is 0 Å². The highest BCUT2D eigenvalue weighted by atomic mass is 35.5. The molecule has 2 aromatic carbocycles. The smallest absolute Gasteiger partial charge is 0.326 e. The summed E-state index contributed by atoms with van der Waals surface area (Å²) in [6.45, 7) is 0.347. The van der Waals surface area contributed by atoms with Gasteiger partial charge in [-0.15, -0.1) is 0 Å². The molecule has 12 heteroatoms. The third-order valence-corrected chi connectivity index (χ3v) is 6.35. The van der Waals surface area contributed by atoms with Gasteiger partial charge in [-0.3, -0.25) is 24.1 Å². The molecule has 162 valence electrons. The van der Waals surface area contributed by atoms with Crippen LogP contribution in [0.25, 0.3) is 0 Å². The quantitative estimate of drug-likeness (QED) is 0.256. The first-order chi connectivity index (χ1) is 14.5. The second-order valence-corrected chi connectivity index (χ2v) is 8.32. The van der Waals surface area contributed by atoms with E-state index in [9.17, 15) is 19.2 Å². The largest absolute Gasteiger partial charge is 0.454 e. The second kappa shape index (κ2) is 9.22. The average Bonchev–Trinajstić information content (AvgIpc) is 2.96. The molecule has 0 bridgehead atoms. The van der Waals surface area contributed by atoms with Crippen LogP contribution >= 0.6 is 58.0 Å². The maximum absolute atomic E-state index is 12.6. The van der Waals surface area contributed by atoms with Crippen LogP contribution in [0.1, 0.15) is 26.3 Å². The van der Waals surface area contributed by atoms with Crippen molar-refractivity contribution in [2.45, 2.75) is 6.92 Å². The molecule has 31 heavy (non-hydrogen) atoms. The lowest BCUT2D eigenvalue weighted by molar-refractivity contribution is -0.147. The van der Waals surface area contributed by atoms with Crippen molar-refractivity contribution in [3.8, 4) is 0 Å². The van der Waals surface area contributed by atoms with Gasteiger partial charge in [-0.25, -0.2) is 0 Å². The van der Waals surface area contributed by atoms with Crippen LogP contribution < -0.4 is 5.32 Å². The number of hydrogen-bond acceptors (Lipinski definition) is 5. The number of carbonyl (C=O) groups excluding carboxylic acids is 4. The number of nitrogens with zero attached hydrogens (tertiary/aromatic N) is 1. The number of imide groups is 1. The van der Waals surface area contributed by atoms with Crippen molar-refractivity contribution in [2.75, 3.05) is 18.5 Å². The Hall–Kier alpha value is -2.03. The summed E-state index contributed by atoms with van der Waals surface area (Å²) in [5, 5.41) is 2.08. The molecule has 1 aliphatic heterocycles. The second-order valence-electron chi connectivity index (χ2n) is 6.37. The number of rotatable bonds is 5. The number of amides is 3. The van der Waals surface area contributed by atoms with Crippen LogP contribution in [0.15, 0.2) is 18.2 Å². The number of nitrogens with one attached hydrogen (secondary N) is 1. The number of hydrogen-bond donors (Lipinski definition) is 1. The van der Waals surface area contributed by atoms with Crippen molar-refractivity contribution < 1.29 is 23.9 Å². The Balaban J connectivity index is 1.66. The molecule has 1 N–H and O–H groups in total. The number of carbonyl (C=O) groups is 4. The maximum Gasteiger partial charge on any atom is 0.326 e. The SMILES string of the molecule is Cc1ccc(Cl)cc1NC(=O)COC(=O)CN1C(=O)c2c(Cl)c(Cl)c(Cl)c(Cl)c2C1=O. The zero-order chi connectivity index (χ0) is 23.0. The zero-order valence-electron chi connectivity index (χ0n) is 15.5. The number of anilines is 1. The average molecular weight is 525 g/mol. The summed E-state index contributed by atoms with van der Waals surface area (Å²) in [4.78, 5) is 49.9. The predicted molar refractivity (Wildman–Crippen MR) is 118 cm³/mol. The van der Waals surface area contributed by atoms with Crippen LogP contribution in [-0.4, -0.2) is 41.7 Å². The maximum atomic E-state index is 12.6. The van der Waals surface area contributed by atoms with E-state index >= 15 is 0 Å². The van der Waals surface area contributed by atoms with Crippen LogP contribution in [0.3, 0.4) is 0 Å². The summed E-state index contributed by atoms with van der Waals surface area (Å²) >= 11 is 29.8. The Labute approximate surface area is 201 Å². The Morgan fingerprint density at radius 1 is 0.935 bits per heavy atom. The number of ether oxygens (including phenoxy) is 1. The molecule has 3 amide bonds. The van der Waals surface area contributed by atoms with Gasteiger partial charge in [0, 0.05) is 10.7 Å². The number of halogens is 5. The van der Waals surface area contributed by atoms with Crippen LogP contribution in [0.4, 0.5) is 5.69 Å². The van der Waals surface area contributed by atoms with Gasteiger partial charge < -0.3 is 10.1 Å². The van der Waals surface area contributed by atoms with Crippen LogP contribution in [0.2, 0.25) is 25.1 Å². The zero-order valence-corrected chi connectivity index (χ0v) is 19.3. The summed E-state index contributed by atoms with van der Waals surface area (Å²) in [5.74, 6) is -3.41. The molecule has 1 heterocycles. The molecule has 2 aromatic rings. The molecule has 0 atom stereocenters. The molecular weight excluding hydrogens is 513 g/mol. The molecule has 0 saturated heterocycles. The van der Waals surface area contributed by atoms with Gasteiger partial charge in [0.25, 0.3) is 17.7 Å². The summed E-state index contributed by atoms with van der Waals surface area (Å²) < 4.78 is 4.86. The minimum absolute atomic E-state index is 0.189. The number of fused-ring (bicyclic) bond motifs is 1. The summed E-state index contributed by atoms with van der Waals surface area (Å²) in [6, 6.07) is 4.91. The van der Waals surface area contributed by atoms with E-state index in [2.05, 4.69) is 5.32 Å². The molecular formula is C19H11Cl5N2O5. The van der Waals surface area contributed by atoms with E-state index < -0.39 is 36.8 Å². The first kappa shape index (κ1) is 23.6. The van der Waals surface area contributed by atoms with E-state index in [-0.39, 0.29) is 31.2 Å². The van der Waals surface area contributed by atoms with Crippen molar-refractivity contribution in [3.05, 3.63) is 60.0 Å². The fourth-order valence-corrected chi connectivity index (χ4v) is 3.96. The van der Waals surface area contributed by atoms with Crippen molar-refractivity contribution in [3.63, 3.8) is 0 Å². The van der Waals surface area contributed by atoms with Crippen LogP contribution in [0, 0.1) is 6.92 Å². The molecule has 0 fully saturated rings. The highest BCUT2D eigenvalue weighted by molar-refractivity contribution is 6.55. The van der Waals surface area contributed by atoms with Crippen molar-refractivity contribution in [1.82, 2.24) is 4.90 Å². The predicted octanol–water partition coefficient (Wildman–Crippen LogP) is 5.04. The van der Waals surface area contributed by atoms with Gasteiger partial charge in [-0.1, -0.05) is 64.1 Å². The first-order valence-electron chi connectivity index (χ1n) is 8.46. The van der Waals surface area contributed by atoms with E-state index in [0.29, 0.717) is 15.6 Å². The Morgan fingerprint density at radius 2 is 1.48 bits per heavy atom. The lowest BCUT2D eigenvalue weighted by atomic mass is 10.1. The normalized spacial score (nSPS) is 12.8. The third kappa shape index (κ3) is 4.61. The minimum atomic E-state index is -1.00. The molecule has 0 saturated carbocycles. The molecule has 0 aromatic heterocycles. The Morgan fingerprint density at radius 3 is 2.03 bits per heavy atom. The first-order valence-corrected chi connectivity index (χ1v) is 10.4. The highest BCUT2D eigenvalue weighted by Gasteiger charge is 2.42. The molecule has 0 radical (unpaired) electrons. The fraction of sp³-hybridized carbons (Fsp3) is 0.158. The molecule has 7 nitrogen and oxygen atoms in total. The van der Waals surface area contributed by atoms with Crippen LogP contribution in [-0.2, 0) is 14.3 Å². The highest BCUT2D eigenvalue weighted by Crippen LogP contribution is 2.44. The lowest BCUT2D eigenvalue weighted by Crippen LogP contribution is -2.36. The standard InChI is InChI=1S/C19H11Cl5N2O5/c1-7-2-3-8(20)4-9(7)25-10(27)6-31-11(28)5-26-18(29)12-13(19(26)30)15(22)17(24)16(23)14(12)21/h2-4H,5-6H2,1H3,(H,25,27). The fourth-order valence-electron chi connectivity index (χ4n) is 2.78. The van der Waals surface area contributed by atoms with Gasteiger partial charge in [0.05, 0.1) is 31.2 Å². The monoisotopic (exact) mass is 522 g/mol. The number of aryl methyl sites for hydroxylation is 1. The summed E-state index contributed by atoms with van der Waals surface area (Å²) in [7, 11) is 0. The van der Waals surface area contributed by atoms with Gasteiger partial charge in [-0.2, -0.15) is 0 Å². The molecule has 1 aliphatic rings. The van der Waals surface area contributed by atoms with Crippen molar-refractivity contribution >= 4 is 87.4 Å². The van der Waals surface area contributed by atoms with E-state index in [0.717, 1.165) is 5.56 Å². The number of benzene rings is 2. The van der Waals surface area contributed by atoms with E-state index in [1.54, 1.807) is 25.1 Å². The lowest BCUT2D eigenvalue weighted by Gasteiger charge is -2.13. The van der Waals surface area contributed by atoms with Crippen molar-refractivity contribution in [2.24, 2.45) is 0 Å². The Kier molecular flexibility index (Phi) is 7.03. The third-order valence-electron chi connectivity index (χ3n) is 4.31. The Bertz CT molecular complexity index is 1100. The van der Waals surface area contributed by atoms with Gasteiger partial charge in [0.15, 0.2) is 6.61 Å². The van der Waals surface area contributed by atoms with Crippen molar-refractivity contribution in [1.29, 1.82) is 0 Å². The van der Waals surface area contributed by atoms with E-state index in [1.807, 2.05) is 0 Å². The summed E-state index contributed by atoms with van der Waals surface area (Å²) in [5.41, 5.74) is 0.689.